The number of carboxylic acid groups (broad SMARTS) is 1. The van der Waals surface area contributed by atoms with Gasteiger partial charge in [-0.1, -0.05) is 6.92 Å². The van der Waals surface area contributed by atoms with Crippen LogP contribution in [0.15, 0.2) is 0 Å². The summed E-state index contributed by atoms with van der Waals surface area (Å²) >= 11 is 0. The average molecular weight is 180 g/mol. The summed E-state index contributed by atoms with van der Waals surface area (Å²) in [6.07, 6.45) is 2.85. The van der Waals surface area contributed by atoms with Crippen molar-refractivity contribution < 1.29 is 9.90 Å². The van der Waals surface area contributed by atoms with Crippen LogP contribution in [0.5, 0.6) is 0 Å². The Bertz CT molecular complexity index is 339. The van der Waals surface area contributed by atoms with E-state index in [1.165, 1.54) is 0 Å². The van der Waals surface area contributed by atoms with Gasteiger partial charge in [0.05, 0.1) is 5.69 Å². The number of carbonyl (C=O) groups is 1. The van der Waals surface area contributed by atoms with Crippen LogP contribution in [-0.2, 0) is 6.42 Å². The first-order chi connectivity index (χ1) is 6.24. The third-order valence-corrected chi connectivity index (χ3v) is 2.40. The average Bonchev–Trinajstić information content (AvgIpc) is 2.84. The molecular formula is C9H12N2O2. The number of aryl methyl sites for hydroxylation is 1. The molecule has 0 radical (unpaired) electrons. The van der Waals surface area contributed by atoms with E-state index in [0.29, 0.717) is 17.9 Å². The summed E-state index contributed by atoms with van der Waals surface area (Å²) in [5.41, 5.74) is 1.91. The fraction of sp³-hybridized carbons (Fsp3) is 0.556. The Hall–Kier alpha value is -1.32. The van der Waals surface area contributed by atoms with E-state index in [4.69, 9.17) is 5.11 Å². The molecule has 4 nitrogen and oxygen atoms in total. The Kier molecular flexibility index (Phi) is 1.83. The van der Waals surface area contributed by atoms with Gasteiger partial charge in [-0.05, 0) is 19.3 Å². The summed E-state index contributed by atoms with van der Waals surface area (Å²) in [5.74, 6) is -0.463. The maximum atomic E-state index is 10.9. The smallest absolute Gasteiger partial charge is 0.339 e. The zero-order valence-electron chi connectivity index (χ0n) is 7.50. The van der Waals surface area contributed by atoms with Gasteiger partial charge in [0.15, 0.2) is 0 Å². The lowest BCUT2D eigenvalue weighted by atomic mass is 10.1. The van der Waals surface area contributed by atoms with Crippen LogP contribution in [0.4, 0.5) is 0 Å². The largest absolute Gasteiger partial charge is 0.478 e. The van der Waals surface area contributed by atoms with Crippen molar-refractivity contribution in [3.63, 3.8) is 0 Å². The molecule has 4 heteroatoms. The summed E-state index contributed by atoms with van der Waals surface area (Å²) in [4.78, 5) is 10.9. The Morgan fingerprint density at radius 3 is 2.85 bits per heavy atom. The summed E-state index contributed by atoms with van der Waals surface area (Å²) in [6.45, 7) is 1.93. The first-order valence-corrected chi connectivity index (χ1v) is 4.54. The van der Waals surface area contributed by atoms with Gasteiger partial charge in [0.2, 0.25) is 0 Å². The monoisotopic (exact) mass is 180 g/mol. The van der Waals surface area contributed by atoms with Crippen LogP contribution in [0.1, 0.15) is 47.4 Å². The highest BCUT2D eigenvalue weighted by Crippen LogP contribution is 2.41. The highest BCUT2D eigenvalue weighted by molar-refractivity contribution is 5.90. The topological polar surface area (TPSA) is 66.0 Å². The van der Waals surface area contributed by atoms with Gasteiger partial charge in [0, 0.05) is 11.6 Å². The molecule has 0 amide bonds. The number of carboxylic acids is 1. The molecule has 0 saturated heterocycles. The number of aromatic amines is 1. The standard InChI is InChI=1S/C9H12N2O2/c1-2-6-7(9(12)13)8(11-10-6)5-3-4-5/h5H,2-4H2,1H3,(H,10,11)(H,12,13). The van der Waals surface area contributed by atoms with Crippen molar-refractivity contribution in [3.05, 3.63) is 17.0 Å². The number of H-pyrrole nitrogens is 1. The Balaban J connectivity index is 2.44. The lowest BCUT2D eigenvalue weighted by Crippen LogP contribution is -2.02. The predicted octanol–water partition coefficient (Wildman–Crippen LogP) is 1.55. The van der Waals surface area contributed by atoms with Crippen molar-refractivity contribution in [1.82, 2.24) is 10.2 Å². The number of aromatic nitrogens is 2. The molecule has 2 N–H and O–H groups in total. The Labute approximate surface area is 76.0 Å². The molecule has 13 heavy (non-hydrogen) atoms. The van der Waals surface area contributed by atoms with Crippen LogP contribution in [0.2, 0.25) is 0 Å². The lowest BCUT2D eigenvalue weighted by Gasteiger charge is -1.96. The maximum absolute atomic E-state index is 10.9. The number of nitrogens with zero attached hydrogens (tertiary/aromatic N) is 1. The fourth-order valence-electron chi connectivity index (χ4n) is 1.54. The van der Waals surface area contributed by atoms with Crippen molar-refractivity contribution in [1.29, 1.82) is 0 Å². The molecule has 70 valence electrons. The second-order valence-electron chi connectivity index (χ2n) is 3.40. The molecule has 1 aliphatic rings. The number of aromatic carboxylic acids is 1. The molecule has 1 fully saturated rings. The molecule has 0 atom stereocenters. The normalized spacial score (nSPS) is 16.1. The van der Waals surface area contributed by atoms with Crippen molar-refractivity contribution in [3.8, 4) is 0 Å². The lowest BCUT2D eigenvalue weighted by molar-refractivity contribution is 0.0694. The first-order valence-electron chi connectivity index (χ1n) is 4.54. The maximum Gasteiger partial charge on any atom is 0.339 e. The van der Waals surface area contributed by atoms with Gasteiger partial charge in [-0.2, -0.15) is 5.10 Å². The van der Waals surface area contributed by atoms with E-state index in [1.807, 2.05) is 6.92 Å². The second kappa shape index (κ2) is 2.87. The van der Waals surface area contributed by atoms with E-state index in [9.17, 15) is 4.79 Å². The van der Waals surface area contributed by atoms with E-state index in [0.717, 1.165) is 24.2 Å². The molecule has 0 spiro atoms. The molecule has 1 saturated carbocycles. The Morgan fingerprint density at radius 2 is 2.38 bits per heavy atom. The van der Waals surface area contributed by atoms with Crippen molar-refractivity contribution in [2.75, 3.05) is 0 Å². The van der Waals surface area contributed by atoms with Crippen LogP contribution in [0, 0.1) is 0 Å². The van der Waals surface area contributed by atoms with Crippen LogP contribution < -0.4 is 0 Å². The van der Waals surface area contributed by atoms with E-state index in [1.54, 1.807) is 0 Å². The quantitative estimate of drug-likeness (QED) is 0.741. The van der Waals surface area contributed by atoms with Crippen LogP contribution in [0.25, 0.3) is 0 Å². The van der Waals surface area contributed by atoms with Gasteiger partial charge >= 0.3 is 5.97 Å². The Morgan fingerprint density at radius 1 is 1.69 bits per heavy atom. The third kappa shape index (κ3) is 1.32. The third-order valence-electron chi connectivity index (χ3n) is 2.40. The minimum Gasteiger partial charge on any atom is -0.478 e. The van der Waals surface area contributed by atoms with E-state index < -0.39 is 5.97 Å². The highest BCUT2D eigenvalue weighted by atomic mass is 16.4. The van der Waals surface area contributed by atoms with Gasteiger partial charge in [0.1, 0.15) is 5.56 Å². The van der Waals surface area contributed by atoms with Gasteiger partial charge < -0.3 is 5.11 Å². The highest BCUT2D eigenvalue weighted by Gasteiger charge is 2.32. The minimum absolute atomic E-state index is 0.391. The van der Waals surface area contributed by atoms with Gasteiger partial charge in [-0.3, -0.25) is 5.10 Å². The number of hydrogen-bond donors (Lipinski definition) is 2. The first kappa shape index (κ1) is 8.29. The summed E-state index contributed by atoms with van der Waals surface area (Å²) in [6, 6.07) is 0. The zero-order chi connectivity index (χ0) is 9.42. The fourth-order valence-corrected chi connectivity index (χ4v) is 1.54. The molecule has 1 aromatic rings. The molecule has 2 rings (SSSR count). The van der Waals surface area contributed by atoms with Crippen LogP contribution >= 0.6 is 0 Å². The molecule has 1 aromatic heterocycles. The van der Waals surface area contributed by atoms with Gasteiger partial charge in [-0.15, -0.1) is 0 Å². The second-order valence-corrected chi connectivity index (χ2v) is 3.40. The summed E-state index contributed by atoms with van der Waals surface area (Å²) < 4.78 is 0. The molecule has 1 aliphatic carbocycles. The van der Waals surface area contributed by atoms with Crippen molar-refractivity contribution in [2.24, 2.45) is 0 Å². The minimum atomic E-state index is -0.854. The van der Waals surface area contributed by atoms with Gasteiger partial charge in [0.25, 0.3) is 0 Å². The number of rotatable bonds is 3. The molecule has 1 heterocycles. The SMILES string of the molecule is CCc1[nH]nc(C2CC2)c1C(=O)O. The van der Waals surface area contributed by atoms with Crippen LogP contribution in [0.3, 0.4) is 0 Å². The van der Waals surface area contributed by atoms with E-state index in [2.05, 4.69) is 10.2 Å². The molecule has 0 unspecified atom stereocenters. The van der Waals surface area contributed by atoms with Crippen molar-refractivity contribution >= 4 is 5.97 Å². The van der Waals surface area contributed by atoms with E-state index >= 15 is 0 Å². The predicted molar refractivity (Wildman–Crippen MR) is 46.9 cm³/mol. The molecule has 0 aromatic carbocycles. The molecular weight excluding hydrogens is 168 g/mol. The number of nitrogens with one attached hydrogen (secondary N) is 1. The van der Waals surface area contributed by atoms with Crippen LogP contribution in [-0.4, -0.2) is 21.3 Å². The zero-order valence-corrected chi connectivity index (χ0v) is 7.50. The molecule has 0 bridgehead atoms. The summed E-state index contributed by atoms with van der Waals surface area (Å²) in [7, 11) is 0. The van der Waals surface area contributed by atoms with E-state index in [-0.39, 0.29) is 0 Å². The van der Waals surface area contributed by atoms with Crippen molar-refractivity contribution in [2.45, 2.75) is 32.1 Å². The summed E-state index contributed by atoms with van der Waals surface area (Å²) in [5, 5.41) is 15.8. The number of hydrogen-bond acceptors (Lipinski definition) is 2. The van der Waals surface area contributed by atoms with Gasteiger partial charge in [-0.25, -0.2) is 4.79 Å². The molecule has 0 aliphatic heterocycles.